The number of nitrogens with one attached hydrogen (secondary N) is 1. The molecule has 1 aliphatic rings. The molecule has 7 nitrogen and oxygen atoms in total. The summed E-state index contributed by atoms with van der Waals surface area (Å²) in [6.45, 7) is 7.91. The van der Waals surface area contributed by atoms with Crippen molar-refractivity contribution in [2.24, 2.45) is 5.92 Å². The molecule has 0 aliphatic carbocycles. The van der Waals surface area contributed by atoms with Gasteiger partial charge in [-0.05, 0) is 48.7 Å². The van der Waals surface area contributed by atoms with Crippen molar-refractivity contribution < 1.29 is 23.5 Å². The second kappa shape index (κ2) is 12.1. The zero-order valence-corrected chi connectivity index (χ0v) is 21.2. The molecule has 1 heterocycles. The SMILES string of the molecule is CCC(=O)Nc1ccc2c(c1)C(=O)N(C)C[C@H](OC)[C@@H](C)CN(Cc1cccc(F)c1)[C@@H](C)CO2. The summed E-state index contributed by atoms with van der Waals surface area (Å²) in [4.78, 5) is 29.1. The van der Waals surface area contributed by atoms with Crippen molar-refractivity contribution in [2.45, 2.75) is 45.9 Å². The number of hydrogen-bond acceptors (Lipinski definition) is 5. The fraction of sp³-hybridized carbons (Fsp3) is 0.481. The lowest BCUT2D eigenvalue weighted by Gasteiger charge is -2.36. The molecule has 0 unspecified atom stereocenters. The van der Waals surface area contributed by atoms with Crippen molar-refractivity contribution in [1.82, 2.24) is 9.80 Å². The molecular weight excluding hydrogens is 449 g/mol. The Morgan fingerprint density at radius 2 is 1.97 bits per heavy atom. The lowest BCUT2D eigenvalue weighted by Crippen LogP contribution is -2.46. The molecule has 0 fully saturated rings. The zero-order valence-electron chi connectivity index (χ0n) is 21.2. The molecular formula is C27H36FN3O4. The van der Waals surface area contributed by atoms with Gasteiger partial charge in [0.2, 0.25) is 5.91 Å². The largest absolute Gasteiger partial charge is 0.491 e. The smallest absolute Gasteiger partial charge is 0.257 e. The molecule has 2 amide bonds. The van der Waals surface area contributed by atoms with E-state index in [0.717, 1.165) is 5.56 Å². The van der Waals surface area contributed by atoms with Gasteiger partial charge in [-0.15, -0.1) is 0 Å². The summed E-state index contributed by atoms with van der Waals surface area (Å²) in [6, 6.07) is 11.7. The number of amides is 2. The maximum atomic E-state index is 13.8. The Morgan fingerprint density at radius 3 is 2.66 bits per heavy atom. The highest BCUT2D eigenvalue weighted by atomic mass is 19.1. The summed E-state index contributed by atoms with van der Waals surface area (Å²) in [5.41, 5.74) is 1.81. The number of likely N-dealkylation sites (N-methyl/N-ethyl adjacent to an activating group) is 1. The van der Waals surface area contributed by atoms with Crippen LogP contribution in [0.15, 0.2) is 42.5 Å². The van der Waals surface area contributed by atoms with Crippen LogP contribution in [-0.4, -0.2) is 67.6 Å². The Hall–Kier alpha value is -2.97. The van der Waals surface area contributed by atoms with Crippen LogP contribution in [0.25, 0.3) is 0 Å². The topological polar surface area (TPSA) is 71.1 Å². The highest BCUT2D eigenvalue weighted by Gasteiger charge is 2.28. The summed E-state index contributed by atoms with van der Waals surface area (Å²) >= 11 is 0. The molecule has 0 bridgehead atoms. The van der Waals surface area contributed by atoms with Crippen LogP contribution in [0.3, 0.4) is 0 Å². The zero-order chi connectivity index (χ0) is 25.5. The van der Waals surface area contributed by atoms with E-state index in [0.29, 0.717) is 49.7 Å². The van der Waals surface area contributed by atoms with Crippen LogP contribution in [0, 0.1) is 11.7 Å². The van der Waals surface area contributed by atoms with Gasteiger partial charge in [-0.2, -0.15) is 0 Å². The Labute approximate surface area is 207 Å². The molecule has 8 heteroatoms. The lowest BCUT2D eigenvalue weighted by molar-refractivity contribution is -0.115. The van der Waals surface area contributed by atoms with E-state index in [4.69, 9.17) is 9.47 Å². The number of benzene rings is 2. The summed E-state index contributed by atoms with van der Waals surface area (Å²) < 4.78 is 25.8. The van der Waals surface area contributed by atoms with Gasteiger partial charge in [-0.25, -0.2) is 4.39 Å². The van der Waals surface area contributed by atoms with E-state index in [1.165, 1.54) is 6.07 Å². The molecule has 2 aromatic carbocycles. The number of rotatable bonds is 5. The minimum Gasteiger partial charge on any atom is -0.491 e. The first kappa shape index (κ1) is 26.6. The molecule has 0 radical (unpaired) electrons. The number of carbonyl (C=O) groups is 2. The van der Waals surface area contributed by atoms with Crippen molar-refractivity contribution in [3.05, 3.63) is 59.4 Å². The van der Waals surface area contributed by atoms with E-state index >= 15 is 0 Å². The van der Waals surface area contributed by atoms with Gasteiger partial charge in [-0.3, -0.25) is 14.5 Å². The Balaban J connectivity index is 1.94. The van der Waals surface area contributed by atoms with Crippen molar-refractivity contribution >= 4 is 17.5 Å². The maximum Gasteiger partial charge on any atom is 0.257 e. The van der Waals surface area contributed by atoms with Crippen LogP contribution >= 0.6 is 0 Å². The highest BCUT2D eigenvalue weighted by molar-refractivity contribution is 5.99. The second-order valence-electron chi connectivity index (χ2n) is 9.27. The molecule has 1 N–H and O–H groups in total. The number of methoxy groups -OCH3 is 1. The van der Waals surface area contributed by atoms with E-state index in [2.05, 4.69) is 24.1 Å². The standard InChI is InChI=1S/C27H36FN3O4/c1-6-26(32)29-22-10-11-24-23(13-22)27(33)30(4)16-25(34-5)18(2)14-31(19(3)17-35-24)15-20-8-7-9-21(28)12-20/h7-13,18-19,25H,6,14-17H2,1-5H3,(H,29,32)/t18-,19-,25-/m0/s1. The number of nitrogens with zero attached hydrogens (tertiary/aromatic N) is 2. The van der Waals surface area contributed by atoms with Gasteiger partial charge in [0.05, 0.1) is 11.7 Å². The van der Waals surface area contributed by atoms with Gasteiger partial charge < -0.3 is 19.7 Å². The van der Waals surface area contributed by atoms with Gasteiger partial charge in [0.25, 0.3) is 5.91 Å². The van der Waals surface area contributed by atoms with Crippen LogP contribution in [0.4, 0.5) is 10.1 Å². The van der Waals surface area contributed by atoms with Crippen molar-refractivity contribution in [3.8, 4) is 5.75 Å². The van der Waals surface area contributed by atoms with Gasteiger partial charge in [-0.1, -0.05) is 26.0 Å². The predicted molar refractivity (Wildman–Crippen MR) is 134 cm³/mol. The van der Waals surface area contributed by atoms with Crippen LogP contribution in [0.1, 0.15) is 43.1 Å². The first-order valence-electron chi connectivity index (χ1n) is 12.0. The number of anilines is 1. The average molecular weight is 486 g/mol. The van der Waals surface area contributed by atoms with E-state index in [9.17, 15) is 14.0 Å². The van der Waals surface area contributed by atoms with Gasteiger partial charge in [0.1, 0.15) is 18.2 Å². The Morgan fingerprint density at radius 1 is 1.20 bits per heavy atom. The minimum atomic E-state index is -0.261. The molecule has 0 spiro atoms. The minimum absolute atomic E-state index is 0.0159. The Bertz CT molecular complexity index is 1030. The molecule has 35 heavy (non-hydrogen) atoms. The number of fused-ring (bicyclic) bond motifs is 1. The Kier molecular flexibility index (Phi) is 9.23. The number of carbonyl (C=O) groups excluding carboxylic acids is 2. The van der Waals surface area contributed by atoms with Crippen LogP contribution in [0.2, 0.25) is 0 Å². The van der Waals surface area contributed by atoms with E-state index < -0.39 is 0 Å². The third-order valence-electron chi connectivity index (χ3n) is 6.45. The summed E-state index contributed by atoms with van der Waals surface area (Å²) in [5.74, 6) is -0.0400. The van der Waals surface area contributed by atoms with E-state index in [1.54, 1.807) is 56.3 Å². The van der Waals surface area contributed by atoms with Crippen molar-refractivity contribution in [2.75, 3.05) is 39.2 Å². The first-order valence-corrected chi connectivity index (χ1v) is 12.0. The van der Waals surface area contributed by atoms with Gasteiger partial charge in [0, 0.05) is 51.9 Å². The molecule has 1 aliphatic heterocycles. The number of hydrogen-bond donors (Lipinski definition) is 1. The lowest BCUT2D eigenvalue weighted by atomic mass is 10.0. The average Bonchev–Trinajstić information content (AvgIpc) is 2.84. The van der Waals surface area contributed by atoms with Crippen molar-refractivity contribution in [1.29, 1.82) is 0 Å². The second-order valence-corrected chi connectivity index (χ2v) is 9.27. The number of halogens is 1. The normalized spacial score (nSPS) is 21.9. The van der Waals surface area contributed by atoms with Gasteiger partial charge >= 0.3 is 0 Å². The van der Waals surface area contributed by atoms with Crippen molar-refractivity contribution in [3.63, 3.8) is 0 Å². The van der Waals surface area contributed by atoms with E-state index in [1.807, 2.05) is 6.07 Å². The van der Waals surface area contributed by atoms with Crippen LogP contribution in [-0.2, 0) is 16.1 Å². The molecule has 3 rings (SSSR count). The third-order valence-corrected chi connectivity index (χ3v) is 6.45. The molecule has 190 valence electrons. The molecule has 0 aromatic heterocycles. The first-order chi connectivity index (χ1) is 16.7. The molecule has 2 aromatic rings. The highest BCUT2D eigenvalue weighted by Crippen LogP contribution is 2.27. The fourth-order valence-corrected chi connectivity index (χ4v) is 4.27. The van der Waals surface area contributed by atoms with Crippen LogP contribution < -0.4 is 10.1 Å². The predicted octanol–water partition coefficient (Wildman–Crippen LogP) is 4.18. The third kappa shape index (κ3) is 7.02. The quantitative estimate of drug-likeness (QED) is 0.688. The van der Waals surface area contributed by atoms with E-state index in [-0.39, 0.29) is 35.7 Å². The monoisotopic (exact) mass is 485 g/mol. The summed E-state index contributed by atoms with van der Waals surface area (Å²) in [6.07, 6.45) is 0.144. The fourth-order valence-electron chi connectivity index (χ4n) is 4.27. The van der Waals surface area contributed by atoms with Gasteiger partial charge in [0.15, 0.2) is 0 Å². The molecule has 0 saturated heterocycles. The summed E-state index contributed by atoms with van der Waals surface area (Å²) in [5, 5.41) is 2.81. The number of ether oxygens (including phenoxy) is 2. The summed E-state index contributed by atoms with van der Waals surface area (Å²) in [7, 11) is 3.39. The maximum absolute atomic E-state index is 13.8. The molecule has 0 saturated carbocycles. The van der Waals surface area contributed by atoms with Crippen LogP contribution in [0.5, 0.6) is 5.75 Å². The molecule has 3 atom stereocenters.